The minimum atomic E-state index is 0. The van der Waals surface area contributed by atoms with Crippen LogP contribution in [-0.2, 0) is 4.74 Å². The number of ether oxygens (including phenoxy) is 1. The highest BCUT2D eigenvalue weighted by molar-refractivity contribution is 4.85. The summed E-state index contributed by atoms with van der Waals surface area (Å²) in [5.41, 5.74) is 0. The molecule has 13 heavy (non-hydrogen) atoms. The maximum absolute atomic E-state index is 5.01. The van der Waals surface area contributed by atoms with Gasteiger partial charge in [0.1, 0.15) is 0 Å². The van der Waals surface area contributed by atoms with Crippen LogP contribution in [0.25, 0.3) is 0 Å². The van der Waals surface area contributed by atoms with E-state index in [4.69, 9.17) is 4.74 Å². The van der Waals surface area contributed by atoms with E-state index in [2.05, 4.69) is 17.5 Å². The van der Waals surface area contributed by atoms with Gasteiger partial charge in [0.2, 0.25) is 0 Å². The molecule has 3 nitrogen and oxygen atoms in total. The molecule has 0 unspecified atom stereocenters. The van der Waals surface area contributed by atoms with E-state index in [-0.39, 0.29) is 6.15 Å². The monoisotopic (exact) mass is 186 g/mol. The van der Waals surface area contributed by atoms with Gasteiger partial charge in [-0.15, -0.1) is 0 Å². The van der Waals surface area contributed by atoms with Crippen molar-refractivity contribution in [3.8, 4) is 0 Å². The third-order valence-electron chi connectivity index (χ3n) is 2.00. The van der Waals surface area contributed by atoms with Gasteiger partial charge in [-0.25, -0.2) is 0 Å². The van der Waals surface area contributed by atoms with Crippen LogP contribution in [0.15, 0.2) is 12.2 Å². The minimum absolute atomic E-state index is 0. The fourth-order valence-electron chi connectivity index (χ4n) is 1.28. The molecule has 0 aromatic heterocycles. The smallest absolute Gasteiger partial charge is 0.0591 e. The van der Waals surface area contributed by atoms with Gasteiger partial charge in [0.25, 0.3) is 0 Å². The Balaban J connectivity index is 0.000000206. The van der Waals surface area contributed by atoms with E-state index in [1.54, 1.807) is 0 Å². The molecule has 2 rings (SSSR count). The van der Waals surface area contributed by atoms with Crippen LogP contribution in [0.5, 0.6) is 0 Å². The molecule has 3 heteroatoms. The average molecular weight is 186 g/mol. The Bertz CT molecular complexity index is 103. The Morgan fingerprint density at radius 1 is 0.923 bits per heavy atom. The highest BCUT2D eigenvalue weighted by atomic mass is 16.5. The van der Waals surface area contributed by atoms with Crippen LogP contribution in [0.4, 0.5) is 0 Å². The molecule has 1 heterocycles. The maximum atomic E-state index is 5.01. The first-order chi connectivity index (χ1) is 6.00. The third kappa shape index (κ3) is 7.96. The zero-order valence-electron chi connectivity index (χ0n) is 8.43. The van der Waals surface area contributed by atoms with Gasteiger partial charge >= 0.3 is 0 Å². The second-order valence-corrected chi connectivity index (χ2v) is 3.12. The number of hydrogen-bond acceptors (Lipinski definition) is 3. The van der Waals surface area contributed by atoms with Gasteiger partial charge in [0.15, 0.2) is 0 Å². The van der Waals surface area contributed by atoms with Crippen molar-refractivity contribution in [1.82, 2.24) is 11.5 Å². The van der Waals surface area contributed by atoms with Gasteiger partial charge < -0.3 is 16.2 Å². The molecule has 0 saturated carbocycles. The van der Waals surface area contributed by atoms with Crippen molar-refractivity contribution in [3.63, 3.8) is 0 Å². The maximum Gasteiger partial charge on any atom is 0.0591 e. The van der Waals surface area contributed by atoms with Gasteiger partial charge in [0, 0.05) is 13.1 Å². The van der Waals surface area contributed by atoms with Gasteiger partial charge in [-0.1, -0.05) is 12.2 Å². The molecule has 0 aromatic rings. The van der Waals surface area contributed by atoms with Crippen molar-refractivity contribution in [2.45, 2.75) is 25.7 Å². The molecule has 0 radical (unpaired) electrons. The summed E-state index contributed by atoms with van der Waals surface area (Å²) in [5, 5.41) is 3.16. The molecule has 1 saturated heterocycles. The van der Waals surface area contributed by atoms with Crippen LogP contribution >= 0.6 is 0 Å². The predicted molar refractivity (Wildman–Crippen MR) is 56.3 cm³/mol. The fourth-order valence-corrected chi connectivity index (χ4v) is 1.28. The van der Waals surface area contributed by atoms with Crippen LogP contribution in [0.1, 0.15) is 25.7 Å². The zero-order valence-corrected chi connectivity index (χ0v) is 8.43. The third-order valence-corrected chi connectivity index (χ3v) is 2.00. The number of allylic oxidation sites excluding steroid dienone is 2. The molecule has 4 N–H and O–H groups in total. The largest absolute Gasteiger partial charge is 0.379 e. The highest BCUT2D eigenvalue weighted by Gasteiger charge is 1.93. The summed E-state index contributed by atoms with van der Waals surface area (Å²) in [6.07, 6.45) is 10.0. The van der Waals surface area contributed by atoms with Crippen molar-refractivity contribution in [2.24, 2.45) is 0 Å². The molecule has 0 spiro atoms. The van der Waals surface area contributed by atoms with Crippen LogP contribution in [0.3, 0.4) is 0 Å². The first-order valence-corrected chi connectivity index (χ1v) is 4.93. The van der Waals surface area contributed by atoms with Gasteiger partial charge in [0.05, 0.1) is 13.2 Å². The Morgan fingerprint density at radius 3 is 1.62 bits per heavy atom. The van der Waals surface area contributed by atoms with E-state index in [1.807, 2.05) is 0 Å². The number of rotatable bonds is 0. The molecule has 0 bridgehead atoms. The summed E-state index contributed by atoms with van der Waals surface area (Å²) in [7, 11) is 0. The first-order valence-electron chi connectivity index (χ1n) is 4.93. The Kier molecular flexibility index (Phi) is 9.42. The summed E-state index contributed by atoms with van der Waals surface area (Å²) in [6.45, 7) is 3.83. The summed E-state index contributed by atoms with van der Waals surface area (Å²) in [6, 6.07) is 0. The number of morpholine rings is 1. The first kappa shape index (κ1) is 12.6. The van der Waals surface area contributed by atoms with Crippen molar-refractivity contribution in [2.75, 3.05) is 26.3 Å². The molecule has 0 aromatic carbocycles. The normalized spacial score (nSPS) is 20.9. The molecule has 1 aliphatic heterocycles. The quantitative estimate of drug-likeness (QED) is 0.568. The van der Waals surface area contributed by atoms with E-state index in [0.29, 0.717) is 0 Å². The SMILES string of the molecule is C1=CCCCC1.C1COCCN1.N. The lowest BCUT2D eigenvalue weighted by molar-refractivity contribution is 0.109. The van der Waals surface area contributed by atoms with Crippen LogP contribution < -0.4 is 11.5 Å². The van der Waals surface area contributed by atoms with E-state index < -0.39 is 0 Å². The second-order valence-electron chi connectivity index (χ2n) is 3.12. The Hall–Kier alpha value is -0.380. The molecule has 0 amide bonds. The van der Waals surface area contributed by atoms with Crippen molar-refractivity contribution in [1.29, 1.82) is 0 Å². The molecule has 0 atom stereocenters. The van der Waals surface area contributed by atoms with E-state index in [1.165, 1.54) is 25.7 Å². The average Bonchev–Trinajstić information content (AvgIpc) is 2.24. The molecule has 2 aliphatic rings. The Morgan fingerprint density at radius 2 is 1.46 bits per heavy atom. The number of nitrogens with one attached hydrogen (secondary N) is 1. The lowest BCUT2D eigenvalue weighted by Gasteiger charge is -2.10. The number of hydrogen-bond donors (Lipinski definition) is 2. The van der Waals surface area contributed by atoms with Crippen molar-refractivity contribution in [3.05, 3.63) is 12.2 Å². The predicted octanol–water partition coefficient (Wildman–Crippen LogP) is 1.88. The van der Waals surface area contributed by atoms with Crippen molar-refractivity contribution >= 4 is 0 Å². The van der Waals surface area contributed by atoms with Crippen molar-refractivity contribution < 1.29 is 4.74 Å². The summed E-state index contributed by atoms with van der Waals surface area (Å²) < 4.78 is 5.01. The van der Waals surface area contributed by atoms with Gasteiger partial charge in [-0.3, -0.25) is 0 Å². The van der Waals surface area contributed by atoms with Gasteiger partial charge in [-0.05, 0) is 25.7 Å². The summed E-state index contributed by atoms with van der Waals surface area (Å²) in [5.74, 6) is 0. The molecule has 1 fully saturated rings. The fraction of sp³-hybridized carbons (Fsp3) is 0.800. The molecule has 78 valence electrons. The van der Waals surface area contributed by atoms with Crippen LogP contribution in [0.2, 0.25) is 0 Å². The topological polar surface area (TPSA) is 56.3 Å². The lowest BCUT2D eigenvalue weighted by atomic mass is 10.1. The van der Waals surface area contributed by atoms with Crippen LogP contribution in [0, 0.1) is 0 Å². The van der Waals surface area contributed by atoms with E-state index in [0.717, 1.165) is 26.3 Å². The Labute approximate surface area is 81.1 Å². The lowest BCUT2D eigenvalue weighted by Crippen LogP contribution is -2.30. The second kappa shape index (κ2) is 9.71. The molecular weight excluding hydrogens is 164 g/mol. The van der Waals surface area contributed by atoms with Crippen LogP contribution in [-0.4, -0.2) is 26.3 Å². The zero-order chi connectivity index (χ0) is 8.49. The molecule has 1 aliphatic carbocycles. The minimum Gasteiger partial charge on any atom is -0.379 e. The highest BCUT2D eigenvalue weighted by Crippen LogP contribution is 2.07. The van der Waals surface area contributed by atoms with E-state index in [9.17, 15) is 0 Å². The summed E-state index contributed by atoms with van der Waals surface area (Å²) >= 11 is 0. The molecular formula is C10H22N2O. The summed E-state index contributed by atoms with van der Waals surface area (Å²) in [4.78, 5) is 0. The van der Waals surface area contributed by atoms with Gasteiger partial charge in [-0.2, -0.15) is 0 Å². The van der Waals surface area contributed by atoms with E-state index >= 15 is 0 Å². The standard InChI is InChI=1S/C6H10.C4H9NO.H3N/c1-2-4-6-5-3-1;1-3-6-4-2-5-1;/h1-2H,3-6H2;5H,1-4H2;1H3.